The molecule has 11 nitrogen and oxygen atoms in total. The van der Waals surface area contributed by atoms with E-state index < -0.39 is 10.8 Å². The Bertz CT molecular complexity index is 3750. The molecular formula is C89H115N6O5+. The number of benzene rings is 6. The summed E-state index contributed by atoms with van der Waals surface area (Å²) in [6.45, 7) is 15.2. The number of fused-ring (bicyclic) bond motifs is 2. The maximum absolute atomic E-state index is 13.0. The summed E-state index contributed by atoms with van der Waals surface area (Å²) in [5.74, 6) is 3.19. The fourth-order valence-electron chi connectivity index (χ4n) is 15.2. The van der Waals surface area contributed by atoms with Gasteiger partial charge in [-0.2, -0.15) is 15.1 Å². The Morgan fingerprint density at radius 2 is 0.790 bits per heavy atom. The fraction of sp³-hybridized carbons (Fsp3) is 0.472. The van der Waals surface area contributed by atoms with Gasteiger partial charge in [0, 0.05) is 98.3 Å². The van der Waals surface area contributed by atoms with Gasteiger partial charge in [0.05, 0.1) is 33.9 Å². The normalized spacial score (nSPS) is 15.0. The predicted octanol–water partition coefficient (Wildman–Crippen LogP) is 24.8. The first kappa shape index (κ1) is 75.5. The van der Waals surface area contributed by atoms with Crippen LogP contribution in [-0.2, 0) is 10.8 Å². The first-order valence-corrected chi connectivity index (χ1v) is 38.1. The van der Waals surface area contributed by atoms with Crippen LogP contribution in [0, 0.1) is 22.7 Å². The molecule has 6 aromatic carbocycles. The van der Waals surface area contributed by atoms with Crippen LogP contribution in [0.25, 0.3) is 0 Å². The zero-order valence-corrected chi connectivity index (χ0v) is 62.3. The lowest BCUT2D eigenvalue weighted by molar-refractivity contribution is -0.438. The highest BCUT2D eigenvalue weighted by molar-refractivity contribution is 6.06. The molecule has 530 valence electrons. The average molecular weight is 1350 g/mol. The molecule has 1 aliphatic carbocycles. The van der Waals surface area contributed by atoms with Gasteiger partial charge in [-0.25, -0.2) is 0 Å². The molecule has 2 heterocycles. The number of hydrogen-bond acceptors (Lipinski definition) is 10. The highest BCUT2D eigenvalue weighted by Gasteiger charge is 2.48. The van der Waals surface area contributed by atoms with E-state index in [9.17, 15) is 15.6 Å². The van der Waals surface area contributed by atoms with Crippen LogP contribution < -0.4 is 33.6 Å². The molecule has 11 heteroatoms. The lowest BCUT2D eigenvalue weighted by Crippen LogP contribution is -2.30. The molecule has 0 saturated heterocycles. The maximum atomic E-state index is 13.0. The molecule has 6 aromatic rings. The quantitative estimate of drug-likeness (QED) is 0.0226. The minimum Gasteiger partial charge on any atom is -0.507 e. The van der Waals surface area contributed by atoms with Crippen molar-refractivity contribution >= 4 is 51.2 Å². The number of nitriles is 2. The van der Waals surface area contributed by atoms with Crippen molar-refractivity contribution in [2.45, 2.75) is 232 Å². The Morgan fingerprint density at radius 3 is 1.17 bits per heavy atom. The summed E-state index contributed by atoms with van der Waals surface area (Å²) >= 11 is 0. The molecule has 0 atom stereocenters. The van der Waals surface area contributed by atoms with Crippen molar-refractivity contribution in [3.63, 3.8) is 0 Å². The molecule has 0 spiro atoms. The number of rotatable bonds is 42. The Morgan fingerprint density at radius 1 is 0.440 bits per heavy atom. The van der Waals surface area contributed by atoms with E-state index in [1.807, 2.05) is 48.5 Å². The summed E-state index contributed by atoms with van der Waals surface area (Å²) in [5, 5.41) is 35.0. The summed E-state index contributed by atoms with van der Waals surface area (Å²) in [7, 11) is 6.76. The zero-order chi connectivity index (χ0) is 70.9. The number of hydrogen-bond donors (Lipinski definition) is 1. The van der Waals surface area contributed by atoms with E-state index in [1.54, 1.807) is 28.4 Å². The van der Waals surface area contributed by atoms with Crippen molar-refractivity contribution in [2.24, 2.45) is 0 Å². The number of ether oxygens (including phenoxy) is 4. The summed E-state index contributed by atoms with van der Waals surface area (Å²) in [6, 6.07) is 50.8. The molecule has 0 radical (unpaired) electrons. The standard InChI is InChI=1S/C89H114N6O5/c1-11-13-15-17-19-21-23-25-27-29-31-33-35-37-59-92-82-57-47-72(94(68-39-49-74(97-7)50-40-68)69-41-51-75(98-8)52-42-69)61-80(82)88(3,4)84(92)63-78-86(67(65-90)66-91)79(87(78)96)64-85-89(5,6)81-62-73(95(70-43-53-76(99-9)54-44-70)71-45-55-77(100-10)56-46-71)48-58-83(81)93(85)60-38-36-34-32-30-28-26-24-22-20-18-16-14-12-2/h39-58,61-64H,11-38,59-60H2,1-10H3/p+1. The van der Waals surface area contributed by atoms with Crippen molar-refractivity contribution in [3.8, 4) is 35.1 Å². The van der Waals surface area contributed by atoms with Crippen LogP contribution in [0.1, 0.15) is 232 Å². The smallest absolute Gasteiger partial charge is 0.209 e. The monoisotopic (exact) mass is 1350 g/mol. The first-order chi connectivity index (χ1) is 48.8. The predicted molar refractivity (Wildman–Crippen MR) is 416 cm³/mol. The number of aliphatic hydroxyl groups excluding tert-OH is 1. The zero-order valence-electron chi connectivity index (χ0n) is 62.3. The largest absolute Gasteiger partial charge is 0.507 e. The highest BCUT2D eigenvalue weighted by Crippen LogP contribution is 2.54. The van der Waals surface area contributed by atoms with Gasteiger partial charge in [-0.3, -0.25) is 0 Å². The molecule has 0 aromatic heterocycles. The van der Waals surface area contributed by atoms with E-state index >= 15 is 0 Å². The molecule has 0 saturated carbocycles. The molecule has 0 unspecified atom stereocenters. The molecule has 0 bridgehead atoms. The van der Waals surface area contributed by atoms with Crippen molar-refractivity contribution in [1.82, 2.24) is 0 Å². The van der Waals surface area contributed by atoms with Crippen molar-refractivity contribution in [2.75, 3.05) is 56.2 Å². The highest BCUT2D eigenvalue weighted by atomic mass is 16.5. The van der Waals surface area contributed by atoms with Gasteiger partial charge in [0.1, 0.15) is 53.0 Å². The molecule has 0 fully saturated rings. The van der Waals surface area contributed by atoms with Crippen LogP contribution in [0.2, 0.25) is 0 Å². The maximum Gasteiger partial charge on any atom is 0.209 e. The van der Waals surface area contributed by atoms with E-state index in [0.29, 0.717) is 16.7 Å². The second kappa shape index (κ2) is 37.7. The topological polar surface area (TPSA) is 117 Å². The molecule has 2 aliphatic heterocycles. The fourth-order valence-corrected chi connectivity index (χ4v) is 15.2. The van der Waals surface area contributed by atoms with Crippen LogP contribution in [0.15, 0.2) is 179 Å². The second-order valence-corrected chi connectivity index (χ2v) is 28.8. The number of anilines is 7. The molecule has 9 rings (SSSR count). The van der Waals surface area contributed by atoms with E-state index in [1.165, 1.54) is 154 Å². The number of methoxy groups -OCH3 is 4. The summed E-state index contributed by atoms with van der Waals surface area (Å²) < 4.78 is 24.9. The second-order valence-electron chi connectivity index (χ2n) is 28.8. The van der Waals surface area contributed by atoms with E-state index in [0.717, 1.165) is 130 Å². The van der Waals surface area contributed by atoms with Gasteiger partial charge in [-0.05, 0) is 166 Å². The van der Waals surface area contributed by atoms with Crippen molar-refractivity contribution < 1.29 is 28.6 Å². The average Bonchev–Trinajstić information content (AvgIpc) is 1.54. The van der Waals surface area contributed by atoms with E-state index in [4.69, 9.17) is 18.9 Å². The summed E-state index contributed by atoms with van der Waals surface area (Å²) in [4.78, 5) is 6.98. The number of unbranched alkanes of at least 4 members (excludes halogenated alkanes) is 26. The molecular weight excluding hydrogens is 1230 g/mol. The lowest BCUT2D eigenvalue weighted by atomic mass is 9.74. The van der Waals surface area contributed by atoms with E-state index in [-0.39, 0.29) is 11.3 Å². The van der Waals surface area contributed by atoms with Gasteiger partial charge in [-0.1, -0.05) is 188 Å². The van der Waals surface area contributed by atoms with Crippen LogP contribution in [0.4, 0.5) is 45.5 Å². The Labute approximate surface area is 601 Å². The van der Waals surface area contributed by atoms with Gasteiger partial charge in [0.2, 0.25) is 5.69 Å². The minimum absolute atomic E-state index is 0.0241. The van der Waals surface area contributed by atoms with Gasteiger partial charge in [0.15, 0.2) is 5.71 Å². The molecule has 1 N–H and O–H groups in total. The minimum atomic E-state index is -0.582. The van der Waals surface area contributed by atoms with Gasteiger partial charge in [0.25, 0.3) is 0 Å². The molecule has 0 amide bonds. The summed E-state index contributed by atoms with van der Waals surface area (Å²) in [6.07, 6.45) is 40.0. The lowest BCUT2D eigenvalue weighted by Gasteiger charge is -2.31. The van der Waals surface area contributed by atoms with Crippen molar-refractivity contribution in [3.05, 3.63) is 190 Å². The van der Waals surface area contributed by atoms with Crippen LogP contribution in [0.5, 0.6) is 23.0 Å². The van der Waals surface area contributed by atoms with Crippen LogP contribution in [-0.4, -0.2) is 56.9 Å². The van der Waals surface area contributed by atoms with Crippen LogP contribution in [0.3, 0.4) is 0 Å². The van der Waals surface area contributed by atoms with Gasteiger partial charge >= 0.3 is 0 Å². The number of allylic oxidation sites excluding steroid dienone is 6. The van der Waals surface area contributed by atoms with E-state index in [2.05, 4.69) is 170 Å². The number of aliphatic hydroxyl groups is 1. The first-order valence-electron chi connectivity index (χ1n) is 38.1. The third kappa shape index (κ3) is 18.6. The van der Waals surface area contributed by atoms with Crippen LogP contribution >= 0.6 is 0 Å². The third-order valence-corrected chi connectivity index (χ3v) is 21.1. The Kier molecular flexibility index (Phi) is 28.5. The Hall–Kier alpha value is -8.67. The Balaban J connectivity index is 1.07. The SMILES string of the molecule is CCCCCCCCCCCCCCCCN1/C(=C/C2=C(O)C(=C\C3=[N+](CCCCCCCCCCCCCCCC)c4ccc(N(c5ccc(OC)cc5)c5ccc(OC)cc5)cc4C3(C)C)/C2=C(C#N)C#N)C(C)(C)c2cc(N(c3ccc(OC)cc3)c3ccc(OC)cc3)ccc21. The molecule has 3 aliphatic rings. The summed E-state index contributed by atoms with van der Waals surface area (Å²) in [5.41, 5.74) is 12.7. The van der Waals surface area contributed by atoms with Crippen molar-refractivity contribution in [1.29, 1.82) is 10.5 Å². The third-order valence-electron chi connectivity index (χ3n) is 21.1. The number of nitrogens with zero attached hydrogens (tertiary/aromatic N) is 6. The van der Waals surface area contributed by atoms with Gasteiger partial charge in [-0.15, -0.1) is 0 Å². The van der Waals surface area contributed by atoms with Gasteiger partial charge < -0.3 is 38.8 Å². The molecule has 100 heavy (non-hydrogen) atoms.